The first kappa shape index (κ1) is 14.8. The second kappa shape index (κ2) is 5.38. The number of aromatic nitrogens is 2. The topological polar surface area (TPSA) is 55.9 Å². The zero-order valence-corrected chi connectivity index (χ0v) is 12.9. The lowest BCUT2D eigenvalue weighted by Crippen LogP contribution is -2.30. The number of aryl methyl sites for hydroxylation is 2. The van der Waals surface area contributed by atoms with Crippen molar-refractivity contribution in [1.82, 2.24) is 15.2 Å². The van der Waals surface area contributed by atoms with Crippen LogP contribution in [-0.4, -0.2) is 9.78 Å². The normalized spacial score (nSPS) is 13.5. The zero-order valence-electron chi connectivity index (χ0n) is 12.9. The third-order valence-electron chi connectivity index (χ3n) is 3.61. The predicted octanol–water partition coefficient (Wildman–Crippen LogP) is 2.58. The molecule has 1 unspecified atom stereocenters. The van der Waals surface area contributed by atoms with E-state index in [1.165, 1.54) is 5.56 Å². The Morgan fingerprint density at radius 2 is 1.80 bits per heavy atom. The Kier molecular flexibility index (Phi) is 3.97. The number of hydrogen-bond donors (Lipinski definition) is 2. The Morgan fingerprint density at radius 1 is 1.20 bits per heavy atom. The number of hydrazine groups is 1. The van der Waals surface area contributed by atoms with Gasteiger partial charge in [-0.1, -0.05) is 45.0 Å². The van der Waals surface area contributed by atoms with Gasteiger partial charge in [0.15, 0.2) is 0 Å². The highest BCUT2D eigenvalue weighted by atomic mass is 15.3. The van der Waals surface area contributed by atoms with Crippen LogP contribution in [0.5, 0.6) is 0 Å². The number of nitrogens with two attached hydrogens (primary N) is 1. The summed E-state index contributed by atoms with van der Waals surface area (Å²) in [7, 11) is 1.94. The molecule has 1 heterocycles. The van der Waals surface area contributed by atoms with Crippen molar-refractivity contribution >= 4 is 0 Å². The van der Waals surface area contributed by atoms with Crippen LogP contribution in [0.25, 0.3) is 0 Å². The number of hydrogen-bond acceptors (Lipinski definition) is 3. The highest BCUT2D eigenvalue weighted by Gasteiger charge is 2.18. The third-order valence-corrected chi connectivity index (χ3v) is 3.61. The van der Waals surface area contributed by atoms with Crippen molar-refractivity contribution in [2.45, 2.75) is 39.2 Å². The van der Waals surface area contributed by atoms with Gasteiger partial charge in [-0.2, -0.15) is 5.10 Å². The summed E-state index contributed by atoms with van der Waals surface area (Å²) in [4.78, 5) is 0. The molecular formula is C16H24N4. The smallest absolute Gasteiger partial charge is 0.0878 e. The minimum Gasteiger partial charge on any atom is -0.271 e. The predicted molar refractivity (Wildman–Crippen MR) is 82.3 cm³/mol. The van der Waals surface area contributed by atoms with Crippen LogP contribution in [-0.2, 0) is 12.5 Å². The number of benzene rings is 1. The van der Waals surface area contributed by atoms with Gasteiger partial charge < -0.3 is 0 Å². The molecule has 0 aliphatic carbocycles. The zero-order chi connectivity index (χ0) is 14.9. The van der Waals surface area contributed by atoms with Crippen molar-refractivity contribution in [3.8, 4) is 0 Å². The summed E-state index contributed by atoms with van der Waals surface area (Å²) in [5.41, 5.74) is 7.56. The highest BCUT2D eigenvalue weighted by Crippen LogP contribution is 2.26. The van der Waals surface area contributed by atoms with Crippen LogP contribution in [0.3, 0.4) is 0 Å². The van der Waals surface area contributed by atoms with E-state index in [1.54, 1.807) is 0 Å². The summed E-state index contributed by atoms with van der Waals surface area (Å²) in [6, 6.07) is 10.6. The van der Waals surface area contributed by atoms with Crippen LogP contribution in [0.15, 0.2) is 30.3 Å². The Balaban J connectivity index is 2.35. The molecular weight excluding hydrogens is 248 g/mol. The molecule has 0 amide bonds. The average Bonchev–Trinajstić information content (AvgIpc) is 2.69. The van der Waals surface area contributed by atoms with E-state index in [1.807, 2.05) is 18.7 Å². The van der Waals surface area contributed by atoms with Crippen LogP contribution < -0.4 is 11.3 Å². The molecule has 0 aliphatic heterocycles. The Bertz CT molecular complexity index is 576. The monoisotopic (exact) mass is 272 g/mol. The summed E-state index contributed by atoms with van der Waals surface area (Å²) >= 11 is 0. The largest absolute Gasteiger partial charge is 0.271 e. The number of rotatable bonds is 3. The molecule has 20 heavy (non-hydrogen) atoms. The van der Waals surface area contributed by atoms with Crippen LogP contribution in [0, 0.1) is 6.92 Å². The molecule has 1 aromatic carbocycles. The number of nitrogens with one attached hydrogen (secondary N) is 1. The molecule has 4 heteroatoms. The van der Waals surface area contributed by atoms with Gasteiger partial charge in [0.2, 0.25) is 0 Å². The Labute approximate surface area is 121 Å². The van der Waals surface area contributed by atoms with Crippen molar-refractivity contribution in [1.29, 1.82) is 0 Å². The van der Waals surface area contributed by atoms with Gasteiger partial charge >= 0.3 is 0 Å². The summed E-state index contributed by atoms with van der Waals surface area (Å²) in [5, 5.41) is 4.38. The first-order chi connectivity index (χ1) is 9.32. The summed E-state index contributed by atoms with van der Waals surface area (Å²) < 4.78 is 1.87. The van der Waals surface area contributed by atoms with E-state index in [4.69, 9.17) is 5.84 Å². The van der Waals surface area contributed by atoms with Gasteiger partial charge in [-0.05, 0) is 29.5 Å². The Morgan fingerprint density at radius 3 is 2.20 bits per heavy atom. The molecule has 2 aromatic rings. The van der Waals surface area contributed by atoms with Crippen LogP contribution in [0.1, 0.15) is 49.3 Å². The molecule has 0 bridgehead atoms. The molecule has 1 aromatic heterocycles. The van der Waals surface area contributed by atoms with Gasteiger partial charge in [0, 0.05) is 7.05 Å². The maximum atomic E-state index is 5.75. The van der Waals surface area contributed by atoms with Crippen molar-refractivity contribution in [3.63, 3.8) is 0 Å². The van der Waals surface area contributed by atoms with Crippen LogP contribution >= 0.6 is 0 Å². The second-order valence-corrected chi connectivity index (χ2v) is 6.31. The molecule has 1 atom stereocenters. The lowest BCUT2D eigenvalue weighted by molar-refractivity contribution is 0.570. The molecule has 0 saturated carbocycles. The highest BCUT2D eigenvalue weighted by molar-refractivity contribution is 5.33. The quantitative estimate of drug-likeness (QED) is 0.667. The molecule has 0 radical (unpaired) electrons. The van der Waals surface area contributed by atoms with Gasteiger partial charge in [0.05, 0.1) is 17.4 Å². The fraction of sp³-hybridized carbons (Fsp3) is 0.438. The average molecular weight is 272 g/mol. The minimum atomic E-state index is -0.0461. The first-order valence-electron chi connectivity index (χ1n) is 6.90. The van der Waals surface area contributed by atoms with Gasteiger partial charge in [-0.25, -0.2) is 5.43 Å². The fourth-order valence-corrected chi connectivity index (χ4v) is 2.43. The van der Waals surface area contributed by atoms with E-state index in [0.29, 0.717) is 0 Å². The summed E-state index contributed by atoms with van der Waals surface area (Å²) in [6.45, 7) is 8.63. The fourth-order valence-electron chi connectivity index (χ4n) is 2.43. The van der Waals surface area contributed by atoms with E-state index >= 15 is 0 Å². The van der Waals surface area contributed by atoms with E-state index < -0.39 is 0 Å². The molecule has 2 rings (SSSR count). The standard InChI is InChI=1S/C16H24N4/c1-11-10-14(20(5)19-11)15(18-17)12-6-8-13(9-7-12)16(2,3)4/h6-10,15,18H,17H2,1-5H3. The molecule has 0 saturated heterocycles. The summed E-state index contributed by atoms with van der Waals surface area (Å²) in [5.74, 6) is 5.75. The van der Waals surface area contributed by atoms with Crippen molar-refractivity contribution in [3.05, 3.63) is 52.8 Å². The molecule has 3 N–H and O–H groups in total. The minimum absolute atomic E-state index is 0.0461. The van der Waals surface area contributed by atoms with E-state index in [2.05, 4.69) is 61.6 Å². The molecule has 4 nitrogen and oxygen atoms in total. The molecule has 0 fully saturated rings. The van der Waals surface area contributed by atoms with Crippen molar-refractivity contribution in [2.24, 2.45) is 12.9 Å². The third kappa shape index (κ3) is 2.92. The maximum absolute atomic E-state index is 5.75. The SMILES string of the molecule is Cc1cc(C(NN)c2ccc(C(C)(C)C)cc2)n(C)n1. The van der Waals surface area contributed by atoms with Gasteiger partial charge in [-0.3, -0.25) is 10.5 Å². The van der Waals surface area contributed by atoms with E-state index in [9.17, 15) is 0 Å². The number of nitrogens with zero attached hydrogens (tertiary/aromatic N) is 2. The van der Waals surface area contributed by atoms with Gasteiger partial charge in [-0.15, -0.1) is 0 Å². The maximum Gasteiger partial charge on any atom is 0.0878 e. The molecule has 108 valence electrons. The molecule has 0 aliphatic rings. The van der Waals surface area contributed by atoms with Gasteiger partial charge in [0.25, 0.3) is 0 Å². The lowest BCUT2D eigenvalue weighted by Gasteiger charge is -2.21. The van der Waals surface area contributed by atoms with Crippen molar-refractivity contribution < 1.29 is 0 Å². The lowest BCUT2D eigenvalue weighted by atomic mass is 9.86. The van der Waals surface area contributed by atoms with Crippen molar-refractivity contribution in [2.75, 3.05) is 0 Å². The summed E-state index contributed by atoms with van der Waals surface area (Å²) in [6.07, 6.45) is 0. The first-order valence-corrected chi connectivity index (χ1v) is 6.90. The van der Waals surface area contributed by atoms with E-state index in [0.717, 1.165) is 17.0 Å². The van der Waals surface area contributed by atoms with E-state index in [-0.39, 0.29) is 11.5 Å². The van der Waals surface area contributed by atoms with Crippen LogP contribution in [0.2, 0.25) is 0 Å². The second-order valence-electron chi connectivity index (χ2n) is 6.31. The molecule has 0 spiro atoms. The van der Waals surface area contributed by atoms with Crippen LogP contribution in [0.4, 0.5) is 0 Å². The Hall–Kier alpha value is -1.65. The van der Waals surface area contributed by atoms with Gasteiger partial charge in [0.1, 0.15) is 0 Å².